The van der Waals surface area contributed by atoms with E-state index in [2.05, 4.69) is 16.6 Å². The molecule has 90 valence electrons. The third-order valence-electron chi connectivity index (χ3n) is 2.95. The lowest BCUT2D eigenvalue weighted by atomic mass is 10.1. The predicted molar refractivity (Wildman–Crippen MR) is 62.1 cm³/mol. The van der Waals surface area contributed by atoms with Crippen molar-refractivity contribution >= 4 is 18.4 Å². The SMILES string of the molecule is COC(=O)CCN1CC(CN)CC1C.Cl. The van der Waals surface area contributed by atoms with Gasteiger partial charge in [0, 0.05) is 19.1 Å². The van der Waals surface area contributed by atoms with E-state index >= 15 is 0 Å². The number of carbonyl (C=O) groups is 1. The van der Waals surface area contributed by atoms with E-state index in [1.54, 1.807) is 0 Å². The molecule has 1 aliphatic rings. The number of hydrogen-bond donors (Lipinski definition) is 1. The Hall–Kier alpha value is -0.320. The highest BCUT2D eigenvalue weighted by molar-refractivity contribution is 5.85. The molecule has 0 amide bonds. The van der Waals surface area contributed by atoms with Crippen molar-refractivity contribution in [3.05, 3.63) is 0 Å². The van der Waals surface area contributed by atoms with Gasteiger partial charge in [0.1, 0.15) is 0 Å². The van der Waals surface area contributed by atoms with E-state index in [0.29, 0.717) is 18.4 Å². The van der Waals surface area contributed by atoms with Crippen LogP contribution in [0.15, 0.2) is 0 Å². The average Bonchev–Trinajstić information content (AvgIpc) is 2.55. The summed E-state index contributed by atoms with van der Waals surface area (Å²) in [5.74, 6) is 0.469. The second-order valence-electron chi connectivity index (χ2n) is 4.01. The van der Waals surface area contributed by atoms with Crippen molar-refractivity contribution in [3.63, 3.8) is 0 Å². The van der Waals surface area contributed by atoms with Gasteiger partial charge in [0.05, 0.1) is 13.5 Å². The van der Waals surface area contributed by atoms with Crippen molar-refractivity contribution in [2.24, 2.45) is 11.7 Å². The van der Waals surface area contributed by atoms with Crippen LogP contribution < -0.4 is 5.73 Å². The summed E-state index contributed by atoms with van der Waals surface area (Å²) < 4.78 is 4.61. The third-order valence-corrected chi connectivity index (χ3v) is 2.95. The average molecular weight is 237 g/mol. The lowest BCUT2D eigenvalue weighted by Gasteiger charge is -2.19. The number of carbonyl (C=O) groups excluding carboxylic acids is 1. The molecular weight excluding hydrogens is 216 g/mol. The topological polar surface area (TPSA) is 55.6 Å². The molecule has 15 heavy (non-hydrogen) atoms. The number of likely N-dealkylation sites (tertiary alicyclic amines) is 1. The van der Waals surface area contributed by atoms with Crippen LogP contribution in [0.2, 0.25) is 0 Å². The molecule has 2 unspecified atom stereocenters. The maximum atomic E-state index is 11.0. The molecule has 0 spiro atoms. The van der Waals surface area contributed by atoms with Crippen molar-refractivity contribution in [2.45, 2.75) is 25.8 Å². The number of methoxy groups -OCH3 is 1. The molecular formula is C10H21ClN2O2. The van der Waals surface area contributed by atoms with Crippen LogP contribution in [-0.2, 0) is 9.53 Å². The Balaban J connectivity index is 0.00000196. The number of esters is 1. The smallest absolute Gasteiger partial charge is 0.306 e. The highest BCUT2D eigenvalue weighted by Gasteiger charge is 2.27. The summed E-state index contributed by atoms with van der Waals surface area (Å²) in [4.78, 5) is 13.3. The first-order valence-corrected chi connectivity index (χ1v) is 5.18. The maximum Gasteiger partial charge on any atom is 0.306 e. The van der Waals surface area contributed by atoms with Gasteiger partial charge in [-0.05, 0) is 25.8 Å². The minimum Gasteiger partial charge on any atom is -0.469 e. The fourth-order valence-electron chi connectivity index (χ4n) is 2.04. The van der Waals surface area contributed by atoms with E-state index in [-0.39, 0.29) is 18.4 Å². The maximum absolute atomic E-state index is 11.0. The fraction of sp³-hybridized carbons (Fsp3) is 0.900. The van der Waals surface area contributed by atoms with Crippen LogP contribution in [0.3, 0.4) is 0 Å². The van der Waals surface area contributed by atoms with Crippen LogP contribution in [0.4, 0.5) is 0 Å². The van der Waals surface area contributed by atoms with Gasteiger partial charge in [0.15, 0.2) is 0 Å². The zero-order valence-electron chi connectivity index (χ0n) is 9.44. The normalized spacial score (nSPS) is 26.1. The molecule has 1 heterocycles. The number of hydrogen-bond acceptors (Lipinski definition) is 4. The second-order valence-corrected chi connectivity index (χ2v) is 4.01. The van der Waals surface area contributed by atoms with E-state index in [4.69, 9.17) is 5.73 Å². The molecule has 0 bridgehead atoms. The summed E-state index contributed by atoms with van der Waals surface area (Å²) >= 11 is 0. The van der Waals surface area contributed by atoms with Crippen LogP contribution in [-0.4, -0.2) is 43.7 Å². The van der Waals surface area contributed by atoms with Gasteiger partial charge >= 0.3 is 5.97 Å². The minimum absolute atomic E-state index is 0. The van der Waals surface area contributed by atoms with Gasteiger partial charge in [-0.25, -0.2) is 0 Å². The molecule has 1 rings (SSSR count). The number of nitrogens with two attached hydrogens (primary N) is 1. The molecule has 2 atom stereocenters. The van der Waals surface area contributed by atoms with Gasteiger partial charge in [-0.2, -0.15) is 0 Å². The van der Waals surface area contributed by atoms with E-state index in [9.17, 15) is 4.79 Å². The number of halogens is 1. The van der Waals surface area contributed by atoms with E-state index in [1.807, 2.05) is 0 Å². The molecule has 5 heteroatoms. The van der Waals surface area contributed by atoms with E-state index in [0.717, 1.165) is 26.1 Å². The second kappa shape index (κ2) is 7.04. The summed E-state index contributed by atoms with van der Waals surface area (Å²) in [6, 6.07) is 0.549. The van der Waals surface area contributed by atoms with E-state index in [1.165, 1.54) is 7.11 Å². The monoisotopic (exact) mass is 236 g/mol. The molecule has 4 nitrogen and oxygen atoms in total. The van der Waals surface area contributed by atoms with Gasteiger partial charge in [-0.3, -0.25) is 9.69 Å². The van der Waals surface area contributed by atoms with Gasteiger partial charge < -0.3 is 10.5 Å². The van der Waals surface area contributed by atoms with Crippen molar-refractivity contribution < 1.29 is 9.53 Å². The zero-order valence-corrected chi connectivity index (χ0v) is 10.3. The zero-order chi connectivity index (χ0) is 10.6. The molecule has 0 aromatic rings. The summed E-state index contributed by atoms with van der Waals surface area (Å²) in [7, 11) is 1.43. The quantitative estimate of drug-likeness (QED) is 0.728. The fourth-order valence-corrected chi connectivity index (χ4v) is 2.04. The Kier molecular flexibility index (Phi) is 6.89. The summed E-state index contributed by atoms with van der Waals surface area (Å²) in [5, 5.41) is 0. The Morgan fingerprint density at radius 2 is 2.27 bits per heavy atom. The highest BCUT2D eigenvalue weighted by Crippen LogP contribution is 2.21. The minimum atomic E-state index is -0.131. The first kappa shape index (κ1) is 14.7. The standard InChI is InChI=1S/C10H20N2O2.ClH/c1-8-5-9(6-11)7-12(8)4-3-10(13)14-2;/h8-9H,3-7,11H2,1-2H3;1H. The lowest BCUT2D eigenvalue weighted by molar-refractivity contribution is -0.141. The molecule has 1 fully saturated rings. The number of nitrogens with zero attached hydrogens (tertiary/aromatic N) is 1. The first-order valence-electron chi connectivity index (χ1n) is 5.18. The largest absolute Gasteiger partial charge is 0.469 e. The van der Waals surface area contributed by atoms with Crippen LogP contribution in [0.1, 0.15) is 19.8 Å². The Morgan fingerprint density at radius 1 is 1.60 bits per heavy atom. The van der Waals surface area contributed by atoms with Crippen molar-refractivity contribution in [1.82, 2.24) is 4.90 Å². The molecule has 1 aliphatic heterocycles. The first-order chi connectivity index (χ1) is 6.67. The van der Waals surface area contributed by atoms with Crippen LogP contribution >= 0.6 is 12.4 Å². The molecule has 1 saturated heterocycles. The van der Waals surface area contributed by atoms with Gasteiger partial charge in [0.2, 0.25) is 0 Å². The summed E-state index contributed by atoms with van der Waals surface area (Å²) in [6.45, 7) is 4.75. The summed E-state index contributed by atoms with van der Waals surface area (Å²) in [6.07, 6.45) is 1.63. The van der Waals surface area contributed by atoms with Gasteiger partial charge in [0.25, 0.3) is 0 Å². The van der Waals surface area contributed by atoms with Crippen molar-refractivity contribution in [2.75, 3.05) is 26.7 Å². The molecule has 0 saturated carbocycles. The number of ether oxygens (including phenoxy) is 1. The Bertz CT molecular complexity index is 202. The molecule has 0 aliphatic carbocycles. The third kappa shape index (κ3) is 4.36. The van der Waals surface area contributed by atoms with E-state index < -0.39 is 0 Å². The van der Waals surface area contributed by atoms with Crippen molar-refractivity contribution in [3.8, 4) is 0 Å². The van der Waals surface area contributed by atoms with Crippen LogP contribution in [0.25, 0.3) is 0 Å². The molecule has 2 N–H and O–H groups in total. The lowest BCUT2D eigenvalue weighted by Crippen LogP contribution is -2.30. The van der Waals surface area contributed by atoms with Crippen LogP contribution in [0.5, 0.6) is 0 Å². The highest BCUT2D eigenvalue weighted by atomic mass is 35.5. The van der Waals surface area contributed by atoms with Crippen molar-refractivity contribution in [1.29, 1.82) is 0 Å². The van der Waals surface area contributed by atoms with Crippen LogP contribution in [0, 0.1) is 5.92 Å². The molecule has 0 radical (unpaired) electrons. The van der Waals surface area contributed by atoms with Gasteiger partial charge in [-0.15, -0.1) is 12.4 Å². The summed E-state index contributed by atoms with van der Waals surface area (Å²) in [5.41, 5.74) is 5.62. The molecule has 0 aromatic carbocycles. The number of rotatable bonds is 4. The van der Waals surface area contributed by atoms with Gasteiger partial charge in [-0.1, -0.05) is 0 Å². The molecule has 0 aromatic heterocycles. The Morgan fingerprint density at radius 3 is 2.73 bits per heavy atom. The Labute approximate surface area is 97.5 Å². The predicted octanol–water partition coefficient (Wildman–Crippen LogP) is 0.640.